The van der Waals surface area contributed by atoms with Crippen LogP contribution in [0.25, 0.3) is 0 Å². The minimum absolute atomic E-state index is 0.0891. The van der Waals surface area contributed by atoms with Gasteiger partial charge >= 0.3 is 0 Å². The molecule has 0 radical (unpaired) electrons. The number of aromatic nitrogens is 1. The molecule has 112 valence electrons. The normalized spacial score (nSPS) is 17.4. The van der Waals surface area contributed by atoms with Crippen LogP contribution in [0.2, 0.25) is 0 Å². The third kappa shape index (κ3) is 2.58. The summed E-state index contributed by atoms with van der Waals surface area (Å²) in [6, 6.07) is 6.52. The molecular formula is C17H22N2OS. The number of hydrogen-bond donors (Lipinski definition) is 1. The molecule has 21 heavy (non-hydrogen) atoms. The van der Waals surface area contributed by atoms with Gasteiger partial charge in [-0.05, 0) is 40.3 Å². The number of nitrogens with one attached hydrogen (secondary N) is 1. The zero-order valence-electron chi connectivity index (χ0n) is 13.3. The highest BCUT2D eigenvalue weighted by Gasteiger charge is 2.33. The van der Waals surface area contributed by atoms with Gasteiger partial charge in [0.2, 0.25) is 0 Å². The van der Waals surface area contributed by atoms with Crippen LogP contribution in [0.4, 0.5) is 0 Å². The van der Waals surface area contributed by atoms with E-state index in [0.717, 1.165) is 22.9 Å². The van der Waals surface area contributed by atoms with Gasteiger partial charge in [0.05, 0.1) is 11.7 Å². The maximum absolute atomic E-state index is 6.20. The third-order valence-corrected chi connectivity index (χ3v) is 5.15. The van der Waals surface area contributed by atoms with Gasteiger partial charge in [-0.25, -0.2) is 4.98 Å². The summed E-state index contributed by atoms with van der Waals surface area (Å²) in [5.41, 5.74) is 3.48. The Bertz CT molecular complexity index is 656. The lowest BCUT2D eigenvalue weighted by atomic mass is 9.98. The van der Waals surface area contributed by atoms with E-state index in [1.807, 2.05) is 7.05 Å². The quantitative estimate of drug-likeness (QED) is 0.937. The molecule has 0 spiro atoms. The van der Waals surface area contributed by atoms with Crippen molar-refractivity contribution in [2.24, 2.45) is 0 Å². The van der Waals surface area contributed by atoms with Crippen LogP contribution < -0.4 is 10.1 Å². The Morgan fingerprint density at radius 3 is 2.71 bits per heavy atom. The monoisotopic (exact) mass is 302 g/mol. The topological polar surface area (TPSA) is 34.2 Å². The molecule has 1 aliphatic heterocycles. The van der Waals surface area contributed by atoms with Gasteiger partial charge in [0.15, 0.2) is 0 Å². The smallest absolute Gasteiger partial charge is 0.128 e. The fraction of sp³-hybridized carbons (Fsp3) is 0.471. The number of rotatable bonds is 3. The number of fused-ring (bicyclic) bond motifs is 1. The molecule has 1 N–H and O–H groups in total. The predicted octanol–water partition coefficient (Wildman–Crippen LogP) is 3.78. The molecule has 0 amide bonds. The molecule has 0 saturated carbocycles. The molecule has 0 bridgehead atoms. The van der Waals surface area contributed by atoms with Crippen molar-refractivity contribution >= 4 is 11.3 Å². The van der Waals surface area contributed by atoms with E-state index in [9.17, 15) is 0 Å². The number of benzene rings is 1. The molecule has 1 atom stereocenters. The van der Waals surface area contributed by atoms with E-state index in [1.54, 1.807) is 11.3 Å². The Kier molecular flexibility index (Phi) is 3.54. The SMILES string of the molecule is CNC(c1nc(C)c(C)s1)c1cccc2c1OC(C)(C)C2. The highest BCUT2D eigenvalue weighted by Crippen LogP contribution is 2.42. The van der Waals surface area contributed by atoms with Crippen LogP contribution in [0.15, 0.2) is 18.2 Å². The lowest BCUT2D eigenvalue weighted by molar-refractivity contribution is 0.136. The van der Waals surface area contributed by atoms with Crippen LogP contribution in [-0.4, -0.2) is 17.6 Å². The molecule has 3 nitrogen and oxygen atoms in total. The molecule has 1 aliphatic rings. The van der Waals surface area contributed by atoms with Crippen molar-refractivity contribution in [2.45, 2.75) is 45.8 Å². The van der Waals surface area contributed by atoms with Crippen molar-refractivity contribution in [3.63, 3.8) is 0 Å². The summed E-state index contributed by atoms with van der Waals surface area (Å²) in [4.78, 5) is 6.00. The number of ether oxygens (including phenoxy) is 1. The van der Waals surface area contributed by atoms with E-state index in [0.29, 0.717) is 0 Å². The minimum atomic E-state index is -0.120. The summed E-state index contributed by atoms with van der Waals surface area (Å²) < 4.78 is 6.20. The second-order valence-electron chi connectivity index (χ2n) is 6.29. The Balaban J connectivity index is 2.06. The first-order valence-electron chi connectivity index (χ1n) is 7.33. The van der Waals surface area contributed by atoms with E-state index in [2.05, 4.69) is 51.2 Å². The number of hydrogen-bond acceptors (Lipinski definition) is 4. The number of nitrogens with zero attached hydrogens (tertiary/aromatic N) is 1. The third-order valence-electron chi connectivity index (χ3n) is 4.01. The van der Waals surface area contributed by atoms with Gasteiger partial charge in [0.1, 0.15) is 16.4 Å². The van der Waals surface area contributed by atoms with Crippen molar-refractivity contribution in [1.29, 1.82) is 0 Å². The maximum Gasteiger partial charge on any atom is 0.128 e. The Morgan fingerprint density at radius 1 is 1.33 bits per heavy atom. The molecular weight excluding hydrogens is 280 g/mol. The standard InChI is InChI=1S/C17H22N2OS/c1-10-11(2)21-16(19-10)14(18-5)13-8-6-7-12-9-17(3,4)20-15(12)13/h6-8,14,18H,9H2,1-5H3. The molecule has 1 unspecified atom stereocenters. The number of thiazole rings is 1. The second-order valence-corrected chi connectivity index (χ2v) is 7.52. The van der Waals surface area contributed by atoms with E-state index in [4.69, 9.17) is 9.72 Å². The summed E-state index contributed by atoms with van der Waals surface area (Å²) in [7, 11) is 1.98. The Labute approximate surface area is 130 Å². The minimum Gasteiger partial charge on any atom is -0.487 e. The number of para-hydroxylation sites is 1. The van der Waals surface area contributed by atoms with Crippen molar-refractivity contribution in [1.82, 2.24) is 10.3 Å². The largest absolute Gasteiger partial charge is 0.487 e. The van der Waals surface area contributed by atoms with Crippen molar-refractivity contribution in [3.8, 4) is 5.75 Å². The van der Waals surface area contributed by atoms with E-state index in [1.165, 1.54) is 16.0 Å². The van der Waals surface area contributed by atoms with Gasteiger partial charge in [-0.15, -0.1) is 11.3 Å². The first kappa shape index (κ1) is 14.5. The lowest BCUT2D eigenvalue weighted by Crippen LogP contribution is -2.25. The first-order valence-corrected chi connectivity index (χ1v) is 8.15. The second kappa shape index (κ2) is 5.11. The summed E-state index contributed by atoms with van der Waals surface area (Å²) in [5, 5.41) is 4.51. The van der Waals surface area contributed by atoms with Gasteiger partial charge in [-0.1, -0.05) is 18.2 Å². The fourth-order valence-electron chi connectivity index (χ4n) is 2.90. The summed E-state index contributed by atoms with van der Waals surface area (Å²) >= 11 is 1.76. The van der Waals surface area contributed by atoms with E-state index < -0.39 is 0 Å². The van der Waals surface area contributed by atoms with Crippen LogP contribution in [0.5, 0.6) is 5.75 Å². The van der Waals surface area contributed by atoms with E-state index >= 15 is 0 Å². The van der Waals surface area contributed by atoms with Crippen LogP contribution >= 0.6 is 11.3 Å². The van der Waals surface area contributed by atoms with Gasteiger partial charge in [-0.2, -0.15) is 0 Å². The molecule has 3 rings (SSSR count). The van der Waals surface area contributed by atoms with Gasteiger partial charge < -0.3 is 10.1 Å². The molecule has 0 aliphatic carbocycles. The average molecular weight is 302 g/mol. The Morgan fingerprint density at radius 2 is 2.10 bits per heavy atom. The lowest BCUT2D eigenvalue weighted by Gasteiger charge is -2.21. The van der Waals surface area contributed by atoms with Crippen molar-refractivity contribution in [3.05, 3.63) is 44.9 Å². The number of aryl methyl sites for hydroxylation is 2. The first-order chi connectivity index (χ1) is 9.91. The van der Waals surface area contributed by atoms with Gasteiger partial charge in [-0.3, -0.25) is 0 Å². The summed E-state index contributed by atoms with van der Waals surface area (Å²) in [6.45, 7) is 8.47. The molecule has 0 saturated heterocycles. The van der Waals surface area contributed by atoms with Gasteiger partial charge in [0.25, 0.3) is 0 Å². The Hall–Kier alpha value is -1.39. The van der Waals surface area contributed by atoms with Gasteiger partial charge in [0, 0.05) is 16.9 Å². The maximum atomic E-state index is 6.20. The zero-order chi connectivity index (χ0) is 15.2. The fourth-order valence-corrected chi connectivity index (χ4v) is 3.95. The van der Waals surface area contributed by atoms with Crippen molar-refractivity contribution < 1.29 is 4.74 Å². The molecule has 1 aromatic carbocycles. The highest BCUT2D eigenvalue weighted by molar-refractivity contribution is 7.11. The highest BCUT2D eigenvalue weighted by atomic mass is 32.1. The zero-order valence-corrected chi connectivity index (χ0v) is 14.1. The average Bonchev–Trinajstić information content (AvgIpc) is 2.90. The van der Waals surface area contributed by atoms with Crippen LogP contribution in [0.1, 0.15) is 46.6 Å². The molecule has 2 aromatic rings. The molecule has 1 aromatic heterocycles. The molecule has 0 fully saturated rings. The summed E-state index contributed by atoms with van der Waals surface area (Å²) in [5.74, 6) is 1.03. The van der Waals surface area contributed by atoms with E-state index in [-0.39, 0.29) is 11.6 Å². The van der Waals surface area contributed by atoms with Crippen LogP contribution in [0.3, 0.4) is 0 Å². The molecule has 2 heterocycles. The molecule has 4 heteroatoms. The van der Waals surface area contributed by atoms with Crippen molar-refractivity contribution in [2.75, 3.05) is 7.05 Å². The van der Waals surface area contributed by atoms with Crippen LogP contribution in [0, 0.1) is 13.8 Å². The summed E-state index contributed by atoms with van der Waals surface area (Å²) in [6.07, 6.45) is 0.961. The van der Waals surface area contributed by atoms with Crippen LogP contribution in [-0.2, 0) is 6.42 Å². The predicted molar refractivity (Wildman–Crippen MR) is 87.3 cm³/mol.